The van der Waals surface area contributed by atoms with Gasteiger partial charge in [0.1, 0.15) is 12.4 Å². The molecule has 0 aromatic heterocycles. The standard InChI is InChI=1S/C17H19ClN2O2/c1-11-7-8-16(12(2)9-11)22-10-13-14(18)5-4-6-15(13)20-17(21)19-3/h4-9H,10H2,1-3H3,(H2,19,20,21). The first kappa shape index (κ1) is 16.2. The minimum atomic E-state index is -0.296. The van der Waals surface area contributed by atoms with Gasteiger partial charge in [0, 0.05) is 17.6 Å². The van der Waals surface area contributed by atoms with E-state index < -0.39 is 0 Å². The van der Waals surface area contributed by atoms with Crippen molar-refractivity contribution in [2.45, 2.75) is 20.5 Å². The Kier molecular flexibility index (Phi) is 5.28. The second-order valence-electron chi connectivity index (χ2n) is 5.03. The molecule has 0 aliphatic carbocycles. The molecule has 5 heteroatoms. The van der Waals surface area contributed by atoms with E-state index in [4.69, 9.17) is 16.3 Å². The fraction of sp³-hybridized carbons (Fsp3) is 0.235. The van der Waals surface area contributed by atoms with E-state index in [1.54, 1.807) is 25.2 Å². The summed E-state index contributed by atoms with van der Waals surface area (Å²) in [5.41, 5.74) is 3.63. The molecule has 22 heavy (non-hydrogen) atoms. The SMILES string of the molecule is CNC(=O)Nc1cccc(Cl)c1COc1ccc(C)cc1C. The van der Waals surface area contributed by atoms with Gasteiger partial charge in [-0.1, -0.05) is 35.4 Å². The van der Waals surface area contributed by atoms with Crippen molar-refractivity contribution in [2.24, 2.45) is 0 Å². The van der Waals surface area contributed by atoms with Crippen LogP contribution < -0.4 is 15.4 Å². The molecule has 0 aliphatic rings. The zero-order valence-electron chi connectivity index (χ0n) is 12.9. The van der Waals surface area contributed by atoms with Gasteiger partial charge in [-0.25, -0.2) is 4.79 Å². The number of hydrogen-bond donors (Lipinski definition) is 2. The number of rotatable bonds is 4. The molecule has 0 aliphatic heterocycles. The van der Waals surface area contributed by atoms with Crippen LogP contribution in [0.25, 0.3) is 0 Å². The molecule has 0 fully saturated rings. The van der Waals surface area contributed by atoms with Crippen molar-refractivity contribution < 1.29 is 9.53 Å². The van der Waals surface area contributed by atoms with Crippen LogP contribution in [0.1, 0.15) is 16.7 Å². The Morgan fingerprint density at radius 1 is 1.23 bits per heavy atom. The summed E-state index contributed by atoms with van der Waals surface area (Å²) in [7, 11) is 1.56. The number of nitrogens with one attached hydrogen (secondary N) is 2. The van der Waals surface area contributed by atoms with E-state index in [1.165, 1.54) is 5.56 Å². The minimum absolute atomic E-state index is 0.281. The van der Waals surface area contributed by atoms with E-state index in [0.29, 0.717) is 10.7 Å². The first-order valence-electron chi connectivity index (χ1n) is 6.97. The maximum absolute atomic E-state index is 11.5. The second-order valence-corrected chi connectivity index (χ2v) is 5.43. The third kappa shape index (κ3) is 3.92. The number of benzene rings is 2. The van der Waals surface area contributed by atoms with Gasteiger partial charge < -0.3 is 15.4 Å². The summed E-state index contributed by atoms with van der Waals surface area (Å²) in [6, 6.07) is 11.1. The molecule has 0 unspecified atom stereocenters. The molecule has 2 aromatic rings. The molecule has 0 saturated heterocycles. The van der Waals surface area contributed by atoms with E-state index in [0.717, 1.165) is 16.9 Å². The van der Waals surface area contributed by atoms with Gasteiger partial charge in [0.2, 0.25) is 0 Å². The van der Waals surface area contributed by atoms with Crippen molar-refractivity contribution in [1.82, 2.24) is 5.32 Å². The number of anilines is 1. The third-order valence-corrected chi connectivity index (χ3v) is 3.65. The molecule has 0 bridgehead atoms. The van der Waals surface area contributed by atoms with Crippen LogP contribution in [0.15, 0.2) is 36.4 Å². The fourth-order valence-corrected chi connectivity index (χ4v) is 2.35. The number of carbonyl (C=O) groups excluding carboxylic acids is 1. The number of hydrogen-bond acceptors (Lipinski definition) is 2. The molecule has 0 radical (unpaired) electrons. The summed E-state index contributed by atoms with van der Waals surface area (Å²) in [6.07, 6.45) is 0. The number of ether oxygens (including phenoxy) is 1. The maximum Gasteiger partial charge on any atom is 0.318 e. The summed E-state index contributed by atoms with van der Waals surface area (Å²) in [5.74, 6) is 0.802. The average Bonchev–Trinajstić information content (AvgIpc) is 2.48. The first-order valence-corrected chi connectivity index (χ1v) is 7.35. The van der Waals surface area contributed by atoms with Crippen LogP contribution in [-0.2, 0) is 6.61 Å². The van der Waals surface area contributed by atoms with E-state index in [1.807, 2.05) is 26.0 Å². The Labute approximate surface area is 135 Å². The highest BCUT2D eigenvalue weighted by Gasteiger charge is 2.11. The van der Waals surface area contributed by atoms with Crippen LogP contribution in [-0.4, -0.2) is 13.1 Å². The van der Waals surface area contributed by atoms with Gasteiger partial charge in [0.25, 0.3) is 0 Å². The van der Waals surface area contributed by atoms with Crippen molar-refractivity contribution in [2.75, 3.05) is 12.4 Å². The van der Waals surface area contributed by atoms with Gasteiger partial charge >= 0.3 is 6.03 Å². The Morgan fingerprint density at radius 2 is 2.00 bits per heavy atom. The molecule has 0 saturated carbocycles. The number of amides is 2. The van der Waals surface area contributed by atoms with E-state index in [9.17, 15) is 4.79 Å². The van der Waals surface area contributed by atoms with E-state index >= 15 is 0 Å². The normalized spacial score (nSPS) is 10.2. The smallest absolute Gasteiger partial charge is 0.318 e. The molecule has 0 heterocycles. The highest BCUT2D eigenvalue weighted by Crippen LogP contribution is 2.27. The van der Waals surface area contributed by atoms with Crippen LogP contribution in [0, 0.1) is 13.8 Å². The number of urea groups is 1. The van der Waals surface area contributed by atoms with Gasteiger partial charge in [-0.2, -0.15) is 0 Å². The lowest BCUT2D eigenvalue weighted by molar-refractivity contribution is 0.254. The molecular weight excluding hydrogens is 300 g/mol. The molecule has 4 nitrogen and oxygen atoms in total. The van der Waals surface area contributed by atoms with Crippen LogP contribution in [0.2, 0.25) is 5.02 Å². The van der Waals surface area contributed by atoms with Crippen molar-refractivity contribution in [3.8, 4) is 5.75 Å². The van der Waals surface area contributed by atoms with Gasteiger partial charge in [0.15, 0.2) is 0 Å². The molecular formula is C17H19ClN2O2. The zero-order chi connectivity index (χ0) is 16.1. The number of halogens is 1. The lowest BCUT2D eigenvalue weighted by Crippen LogP contribution is -2.25. The van der Waals surface area contributed by atoms with Crippen LogP contribution in [0.4, 0.5) is 10.5 Å². The highest BCUT2D eigenvalue weighted by atomic mass is 35.5. The summed E-state index contributed by atoms with van der Waals surface area (Å²) in [5, 5.41) is 5.82. The molecule has 2 N–H and O–H groups in total. The largest absolute Gasteiger partial charge is 0.488 e. The molecule has 2 rings (SSSR count). The predicted molar refractivity (Wildman–Crippen MR) is 89.8 cm³/mol. The maximum atomic E-state index is 11.5. The topological polar surface area (TPSA) is 50.4 Å². The Hall–Kier alpha value is -2.20. The minimum Gasteiger partial charge on any atom is -0.488 e. The van der Waals surface area contributed by atoms with Crippen molar-refractivity contribution >= 4 is 23.3 Å². The third-order valence-electron chi connectivity index (χ3n) is 3.30. The molecule has 0 spiro atoms. The summed E-state index contributed by atoms with van der Waals surface area (Å²) >= 11 is 6.24. The van der Waals surface area contributed by atoms with Crippen molar-refractivity contribution in [3.05, 3.63) is 58.1 Å². The molecule has 2 amide bonds. The van der Waals surface area contributed by atoms with Gasteiger partial charge in [-0.15, -0.1) is 0 Å². The summed E-state index contributed by atoms with van der Waals surface area (Å²) < 4.78 is 5.86. The van der Waals surface area contributed by atoms with Crippen LogP contribution >= 0.6 is 11.6 Å². The van der Waals surface area contributed by atoms with Gasteiger partial charge in [-0.3, -0.25) is 0 Å². The first-order chi connectivity index (χ1) is 10.5. The fourth-order valence-electron chi connectivity index (χ4n) is 2.12. The van der Waals surface area contributed by atoms with Gasteiger partial charge in [-0.05, 0) is 37.6 Å². The second kappa shape index (κ2) is 7.18. The Morgan fingerprint density at radius 3 is 2.68 bits per heavy atom. The van der Waals surface area contributed by atoms with Crippen molar-refractivity contribution in [1.29, 1.82) is 0 Å². The predicted octanol–water partition coefficient (Wildman–Crippen LogP) is 4.29. The summed E-state index contributed by atoms with van der Waals surface area (Å²) in [4.78, 5) is 11.5. The lowest BCUT2D eigenvalue weighted by atomic mass is 10.1. The van der Waals surface area contributed by atoms with Crippen LogP contribution in [0.3, 0.4) is 0 Å². The molecule has 0 atom stereocenters. The number of carbonyl (C=O) groups is 1. The Balaban J connectivity index is 2.19. The van der Waals surface area contributed by atoms with E-state index in [-0.39, 0.29) is 12.6 Å². The van der Waals surface area contributed by atoms with Gasteiger partial charge in [0.05, 0.1) is 5.69 Å². The van der Waals surface area contributed by atoms with Crippen LogP contribution in [0.5, 0.6) is 5.75 Å². The average molecular weight is 319 g/mol. The molecule has 116 valence electrons. The Bertz CT molecular complexity index is 686. The lowest BCUT2D eigenvalue weighted by Gasteiger charge is -2.15. The monoisotopic (exact) mass is 318 g/mol. The molecule has 2 aromatic carbocycles. The number of aryl methyl sites for hydroxylation is 2. The highest BCUT2D eigenvalue weighted by molar-refractivity contribution is 6.31. The summed E-state index contributed by atoms with van der Waals surface area (Å²) in [6.45, 7) is 4.32. The van der Waals surface area contributed by atoms with Crippen molar-refractivity contribution in [3.63, 3.8) is 0 Å². The quantitative estimate of drug-likeness (QED) is 0.883. The van der Waals surface area contributed by atoms with E-state index in [2.05, 4.69) is 16.7 Å². The zero-order valence-corrected chi connectivity index (χ0v) is 13.6.